The van der Waals surface area contributed by atoms with Crippen LogP contribution in [0.4, 0.5) is 9.18 Å². The minimum atomic E-state index is -0.490. The van der Waals surface area contributed by atoms with Gasteiger partial charge in [0, 0.05) is 18.5 Å². The van der Waals surface area contributed by atoms with Crippen molar-refractivity contribution in [2.24, 2.45) is 0 Å². The smallest absolute Gasteiger partial charge is 0.317 e. The first kappa shape index (κ1) is 18.7. The second-order valence-corrected chi connectivity index (χ2v) is 7.06. The number of morpholine rings is 1. The molecule has 0 radical (unpaired) electrons. The minimum Gasteiger partial charge on any atom is -0.393 e. The van der Waals surface area contributed by atoms with Gasteiger partial charge in [-0.05, 0) is 31.0 Å². The van der Waals surface area contributed by atoms with Crippen molar-refractivity contribution >= 4 is 6.03 Å². The average molecular weight is 338 g/mol. The highest BCUT2D eigenvalue weighted by Crippen LogP contribution is 2.23. The first-order valence-corrected chi connectivity index (χ1v) is 8.36. The quantitative estimate of drug-likeness (QED) is 0.866. The number of nitrogens with zero attached hydrogens (tertiary/aromatic N) is 1. The van der Waals surface area contributed by atoms with Gasteiger partial charge in [-0.1, -0.05) is 26.0 Å². The van der Waals surface area contributed by atoms with Gasteiger partial charge in [0.15, 0.2) is 0 Å². The zero-order valence-corrected chi connectivity index (χ0v) is 14.6. The second kappa shape index (κ2) is 7.94. The van der Waals surface area contributed by atoms with Crippen molar-refractivity contribution in [3.8, 4) is 0 Å². The number of nitrogens with one attached hydrogen (secondary N) is 1. The summed E-state index contributed by atoms with van der Waals surface area (Å²) in [5.41, 5.74) is 0.453. The van der Waals surface area contributed by atoms with Crippen molar-refractivity contribution in [1.29, 1.82) is 0 Å². The summed E-state index contributed by atoms with van der Waals surface area (Å²) in [4.78, 5) is 14.3. The number of amides is 2. The lowest BCUT2D eigenvalue weighted by atomic mass is 9.84. The maximum Gasteiger partial charge on any atom is 0.317 e. The molecule has 1 fully saturated rings. The summed E-state index contributed by atoms with van der Waals surface area (Å²) < 4.78 is 18.8. The van der Waals surface area contributed by atoms with E-state index >= 15 is 0 Å². The molecule has 24 heavy (non-hydrogen) atoms. The van der Waals surface area contributed by atoms with Crippen molar-refractivity contribution < 1.29 is 19.0 Å². The van der Waals surface area contributed by atoms with Crippen molar-refractivity contribution in [2.75, 3.05) is 26.3 Å². The van der Waals surface area contributed by atoms with Gasteiger partial charge in [0.2, 0.25) is 0 Å². The fourth-order valence-corrected chi connectivity index (χ4v) is 2.92. The number of rotatable bonds is 5. The van der Waals surface area contributed by atoms with Crippen molar-refractivity contribution in [1.82, 2.24) is 10.2 Å². The Labute approximate surface area is 142 Å². The number of ether oxygens (including phenoxy) is 1. The van der Waals surface area contributed by atoms with Crippen LogP contribution in [0.1, 0.15) is 32.8 Å². The predicted molar refractivity (Wildman–Crippen MR) is 90.4 cm³/mol. The van der Waals surface area contributed by atoms with E-state index in [9.17, 15) is 14.3 Å². The number of benzene rings is 1. The Morgan fingerprint density at radius 2 is 2.29 bits per heavy atom. The number of urea groups is 1. The van der Waals surface area contributed by atoms with Crippen LogP contribution in [-0.4, -0.2) is 54.5 Å². The fraction of sp³-hybridized carbons (Fsp3) is 0.611. The van der Waals surface area contributed by atoms with E-state index in [0.717, 1.165) is 5.56 Å². The van der Waals surface area contributed by atoms with Gasteiger partial charge >= 0.3 is 6.03 Å². The molecule has 1 aromatic rings. The maximum absolute atomic E-state index is 13.4. The van der Waals surface area contributed by atoms with Crippen molar-refractivity contribution in [3.63, 3.8) is 0 Å². The molecule has 1 heterocycles. The third-order valence-electron chi connectivity index (χ3n) is 4.39. The van der Waals surface area contributed by atoms with Gasteiger partial charge in [-0.15, -0.1) is 0 Å². The Balaban J connectivity index is 1.98. The Hall–Kier alpha value is -1.66. The Bertz CT molecular complexity index is 563. The standard InChI is InChI=1S/C18H27FN2O3/c1-13(22)9-16-11-24-8-7-21(16)17(23)20-12-18(2,3)14-5-4-6-15(19)10-14/h4-6,10,13,16,22H,7-9,11-12H2,1-3H3,(H,20,23)/t13-,16-/m1/s1. The van der Waals surface area contributed by atoms with E-state index in [2.05, 4.69) is 5.32 Å². The molecule has 0 aromatic heterocycles. The molecule has 1 saturated heterocycles. The summed E-state index contributed by atoms with van der Waals surface area (Å²) in [5.74, 6) is -0.280. The lowest BCUT2D eigenvalue weighted by Crippen LogP contribution is -2.54. The first-order chi connectivity index (χ1) is 11.3. The normalized spacial score (nSPS) is 19.9. The largest absolute Gasteiger partial charge is 0.393 e. The van der Waals surface area contributed by atoms with Gasteiger partial charge in [-0.25, -0.2) is 9.18 Å². The van der Waals surface area contributed by atoms with E-state index in [1.54, 1.807) is 17.9 Å². The fourth-order valence-electron chi connectivity index (χ4n) is 2.92. The molecule has 5 nitrogen and oxygen atoms in total. The van der Waals surface area contributed by atoms with Crippen LogP contribution in [0.15, 0.2) is 24.3 Å². The number of carbonyl (C=O) groups excluding carboxylic acids is 1. The molecule has 0 aliphatic carbocycles. The van der Waals surface area contributed by atoms with Gasteiger partial charge in [-0.2, -0.15) is 0 Å². The van der Waals surface area contributed by atoms with E-state index in [1.807, 2.05) is 19.9 Å². The molecule has 2 atom stereocenters. The van der Waals surface area contributed by atoms with Gasteiger partial charge in [-0.3, -0.25) is 0 Å². The number of hydrogen-bond acceptors (Lipinski definition) is 3. The molecule has 134 valence electrons. The van der Waals surface area contributed by atoms with Crippen LogP contribution in [0.5, 0.6) is 0 Å². The van der Waals surface area contributed by atoms with Crippen LogP contribution in [-0.2, 0) is 10.2 Å². The maximum atomic E-state index is 13.4. The summed E-state index contributed by atoms with van der Waals surface area (Å²) in [6.07, 6.45) is -0.00325. The van der Waals surface area contributed by atoms with E-state index in [-0.39, 0.29) is 23.3 Å². The van der Waals surface area contributed by atoms with E-state index in [4.69, 9.17) is 4.74 Å². The Morgan fingerprint density at radius 3 is 2.96 bits per heavy atom. The second-order valence-electron chi connectivity index (χ2n) is 7.06. The van der Waals surface area contributed by atoms with Gasteiger partial charge < -0.3 is 20.1 Å². The number of aliphatic hydroxyl groups is 1. The molecule has 2 amide bonds. The Morgan fingerprint density at radius 1 is 1.54 bits per heavy atom. The topological polar surface area (TPSA) is 61.8 Å². The third kappa shape index (κ3) is 4.92. The molecule has 1 aromatic carbocycles. The summed E-state index contributed by atoms with van der Waals surface area (Å²) in [6, 6.07) is 6.14. The third-order valence-corrected chi connectivity index (χ3v) is 4.39. The van der Waals surface area contributed by atoms with E-state index in [0.29, 0.717) is 32.7 Å². The van der Waals surface area contributed by atoms with Crippen LogP contribution >= 0.6 is 0 Å². The summed E-state index contributed by atoms with van der Waals surface area (Å²) >= 11 is 0. The molecule has 2 N–H and O–H groups in total. The molecule has 0 unspecified atom stereocenters. The molecule has 6 heteroatoms. The molecular formula is C18H27FN2O3. The van der Waals surface area contributed by atoms with Crippen molar-refractivity contribution in [3.05, 3.63) is 35.6 Å². The average Bonchev–Trinajstić information content (AvgIpc) is 2.53. The molecule has 0 spiro atoms. The van der Waals surface area contributed by atoms with E-state index < -0.39 is 6.10 Å². The lowest BCUT2D eigenvalue weighted by Gasteiger charge is -2.37. The number of hydrogen-bond donors (Lipinski definition) is 2. The lowest BCUT2D eigenvalue weighted by molar-refractivity contribution is -0.00448. The highest BCUT2D eigenvalue weighted by Gasteiger charge is 2.30. The van der Waals surface area contributed by atoms with Crippen LogP contribution in [0, 0.1) is 5.82 Å². The summed E-state index contributed by atoms with van der Waals surface area (Å²) in [6.45, 7) is 7.47. The van der Waals surface area contributed by atoms with Crippen molar-refractivity contribution in [2.45, 2.75) is 44.8 Å². The number of aliphatic hydroxyl groups excluding tert-OH is 1. The van der Waals surface area contributed by atoms with Crippen LogP contribution in [0.25, 0.3) is 0 Å². The number of carbonyl (C=O) groups is 1. The molecule has 0 bridgehead atoms. The van der Waals surface area contributed by atoms with Crippen LogP contribution < -0.4 is 5.32 Å². The van der Waals surface area contributed by atoms with Gasteiger partial charge in [0.1, 0.15) is 5.82 Å². The summed E-state index contributed by atoms with van der Waals surface area (Å²) in [7, 11) is 0. The van der Waals surface area contributed by atoms with Crippen LogP contribution in [0.3, 0.4) is 0 Å². The molecule has 0 saturated carbocycles. The highest BCUT2D eigenvalue weighted by atomic mass is 19.1. The molecular weight excluding hydrogens is 311 g/mol. The molecule has 1 aliphatic rings. The van der Waals surface area contributed by atoms with Gasteiger partial charge in [0.05, 0.1) is 25.4 Å². The Kier molecular flexibility index (Phi) is 6.18. The SMILES string of the molecule is C[C@@H](O)C[C@@H]1COCCN1C(=O)NCC(C)(C)c1cccc(F)c1. The monoisotopic (exact) mass is 338 g/mol. The zero-order valence-electron chi connectivity index (χ0n) is 14.6. The predicted octanol–water partition coefficient (Wildman–Crippen LogP) is 2.28. The zero-order chi connectivity index (χ0) is 17.7. The highest BCUT2D eigenvalue weighted by molar-refractivity contribution is 5.74. The summed E-state index contributed by atoms with van der Waals surface area (Å²) in [5, 5.41) is 12.5. The van der Waals surface area contributed by atoms with Crippen LogP contribution in [0.2, 0.25) is 0 Å². The van der Waals surface area contributed by atoms with Gasteiger partial charge in [0.25, 0.3) is 0 Å². The molecule has 1 aliphatic heterocycles. The minimum absolute atomic E-state index is 0.129. The molecule has 2 rings (SSSR count). The first-order valence-electron chi connectivity index (χ1n) is 8.36. The number of halogens is 1. The van der Waals surface area contributed by atoms with E-state index in [1.165, 1.54) is 12.1 Å².